The Bertz CT molecular complexity index is 854. The third-order valence-electron chi connectivity index (χ3n) is 4.71. The highest BCUT2D eigenvalue weighted by Crippen LogP contribution is 2.29. The molecule has 0 saturated carbocycles. The first kappa shape index (κ1) is 20.1. The molecule has 0 radical (unpaired) electrons. The second kappa shape index (κ2) is 9.01. The van der Waals surface area contributed by atoms with E-state index < -0.39 is 17.8 Å². The fourth-order valence-corrected chi connectivity index (χ4v) is 3.42. The quantitative estimate of drug-likeness (QED) is 0.691. The Kier molecular flexibility index (Phi) is 6.46. The summed E-state index contributed by atoms with van der Waals surface area (Å²) in [5.41, 5.74) is 1.63. The molecule has 1 aliphatic heterocycles. The average molecular weight is 445 g/mol. The van der Waals surface area contributed by atoms with Crippen molar-refractivity contribution in [1.29, 1.82) is 0 Å². The van der Waals surface area contributed by atoms with Crippen LogP contribution in [0.5, 0.6) is 0 Å². The molecule has 0 aromatic heterocycles. The minimum absolute atomic E-state index is 0.0855. The van der Waals surface area contributed by atoms with E-state index in [2.05, 4.69) is 21.2 Å². The van der Waals surface area contributed by atoms with Crippen LogP contribution < -0.4 is 5.32 Å². The van der Waals surface area contributed by atoms with Gasteiger partial charge >= 0.3 is 5.97 Å². The first-order chi connectivity index (χ1) is 13.4. The van der Waals surface area contributed by atoms with Gasteiger partial charge < -0.3 is 15.0 Å². The van der Waals surface area contributed by atoms with Crippen LogP contribution in [0.15, 0.2) is 59.1 Å². The number of nitrogens with zero attached hydrogens (tertiary/aromatic N) is 1. The van der Waals surface area contributed by atoms with E-state index in [1.54, 1.807) is 29.2 Å². The van der Waals surface area contributed by atoms with Gasteiger partial charge in [-0.2, -0.15) is 0 Å². The summed E-state index contributed by atoms with van der Waals surface area (Å²) in [5, 5.41) is 2.66. The first-order valence-corrected chi connectivity index (χ1v) is 9.80. The highest BCUT2D eigenvalue weighted by atomic mass is 79.9. The molecule has 1 fully saturated rings. The molecule has 0 bridgehead atoms. The summed E-state index contributed by atoms with van der Waals surface area (Å²) in [6.45, 7) is 1.85. The summed E-state index contributed by atoms with van der Waals surface area (Å²) in [6.07, 6.45) is 0.102. The van der Waals surface area contributed by atoms with Crippen molar-refractivity contribution in [3.63, 3.8) is 0 Å². The Morgan fingerprint density at radius 2 is 1.86 bits per heavy atom. The van der Waals surface area contributed by atoms with Gasteiger partial charge in [-0.25, -0.2) is 0 Å². The van der Waals surface area contributed by atoms with Crippen molar-refractivity contribution in [1.82, 2.24) is 4.90 Å². The normalized spacial score (nSPS) is 17.3. The molecular weight excluding hydrogens is 424 g/mol. The lowest BCUT2D eigenvalue weighted by molar-refractivity contribution is -0.151. The van der Waals surface area contributed by atoms with E-state index in [-0.39, 0.29) is 25.0 Å². The smallest absolute Gasteiger partial charge is 0.311 e. The monoisotopic (exact) mass is 444 g/mol. The van der Waals surface area contributed by atoms with Crippen LogP contribution in [-0.2, 0) is 19.1 Å². The molecule has 3 rings (SSSR count). The molecule has 28 heavy (non-hydrogen) atoms. The number of nitrogens with one attached hydrogen (secondary N) is 1. The highest BCUT2D eigenvalue weighted by Gasteiger charge is 2.38. The van der Waals surface area contributed by atoms with Gasteiger partial charge in [-0.15, -0.1) is 0 Å². The average Bonchev–Trinajstić information content (AvgIpc) is 3.10. The molecule has 1 N–H and O–H groups in total. The maximum atomic E-state index is 12.3. The first-order valence-electron chi connectivity index (χ1n) is 9.00. The number of carbonyl (C=O) groups excluding carboxylic acids is 3. The van der Waals surface area contributed by atoms with E-state index in [1.165, 1.54) is 0 Å². The maximum Gasteiger partial charge on any atom is 0.311 e. The maximum absolute atomic E-state index is 12.3. The minimum atomic E-state index is -0.556. The van der Waals surface area contributed by atoms with Crippen LogP contribution in [0, 0.1) is 5.92 Å². The summed E-state index contributed by atoms with van der Waals surface area (Å²) in [4.78, 5) is 38.3. The second-order valence-electron chi connectivity index (χ2n) is 6.70. The zero-order valence-electron chi connectivity index (χ0n) is 15.4. The van der Waals surface area contributed by atoms with Crippen LogP contribution in [0.1, 0.15) is 24.9 Å². The van der Waals surface area contributed by atoms with Crippen molar-refractivity contribution < 1.29 is 19.1 Å². The predicted molar refractivity (Wildman–Crippen MR) is 108 cm³/mol. The standard InChI is InChI=1S/C21H21BrN2O4/c1-14(15-5-3-2-4-6-15)24-12-16(11-20(24)26)21(27)28-13-19(25)23-18-9-7-17(22)8-10-18/h2-10,14,16H,11-13H2,1H3,(H,23,25)/t14-,16+/m0/s1. The van der Waals surface area contributed by atoms with Gasteiger partial charge in [-0.1, -0.05) is 46.3 Å². The van der Waals surface area contributed by atoms with Crippen molar-refractivity contribution in [3.8, 4) is 0 Å². The summed E-state index contributed by atoms with van der Waals surface area (Å²) in [6, 6.07) is 16.6. The number of ether oxygens (including phenoxy) is 1. The summed E-state index contributed by atoms with van der Waals surface area (Å²) in [5.74, 6) is -1.59. The highest BCUT2D eigenvalue weighted by molar-refractivity contribution is 9.10. The Morgan fingerprint density at radius 3 is 2.54 bits per heavy atom. The van der Waals surface area contributed by atoms with Gasteiger partial charge in [-0.05, 0) is 36.8 Å². The molecule has 2 atom stereocenters. The number of rotatable bonds is 6. The van der Waals surface area contributed by atoms with E-state index >= 15 is 0 Å². The van der Waals surface area contributed by atoms with Crippen LogP contribution >= 0.6 is 15.9 Å². The predicted octanol–water partition coefficient (Wildman–Crippen LogP) is 3.54. The van der Waals surface area contributed by atoms with Gasteiger partial charge in [-0.3, -0.25) is 14.4 Å². The van der Waals surface area contributed by atoms with Crippen molar-refractivity contribution in [3.05, 3.63) is 64.6 Å². The van der Waals surface area contributed by atoms with E-state index in [0.717, 1.165) is 10.0 Å². The molecule has 0 unspecified atom stereocenters. The van der Waals surface area contributed by atoms with Gasteiger partial charge in [0.25, 0.3) is 5.91 Å². The zero-order chi connectivity index (χ0) is 20.1. The van der Waals surface area contributed by atoms with Gasteiger partial charge in [0, 0.05) is 23.1 Å². The van der Waals surface area contributed by atoms with E-state index in [0.29, 0.717) is 12.2 Å². The molecule has 2 aromatic carbocycles. The summed E-state index contributed by atoms with van der Waals surface area (Å²) in [7, 11) is 0. The minimum Gasteiger partial charge on any atom is -0.455 e. The lowest BCUT2D eigenvalue weighted by Gasteiger charge is -2.25. The van der Waals surface area contributed by atoms with E-state index in [1.807, 2.05) is 37.3 Å². The Hall–Kier alpha value is -2.67. The Balaban J connectivity index is 1.50. The van der Waals surface area contributed by atoms with Crippen LogP contribution in [0.2, 0.25) is 0 Å². The summed E-state index contributed by atoms with van der Waals surface area (Å²) >= 11 is 3.32. The van der Waals surface area contributed by atoms with E-state index in [4.69, 9.17) is 4.74 Å². The number of likely N-dealkylation sites (tertiary alicyclic amines) is 1. The molecule has 0 spiro atoms. The number of halogens is 1. The zero-order valence-corrected chi connectivity index (χ0v) is 17.0. The fourth-order valence-electron chi connectivity index (χ4n) is 3.16. The number of carbonyl (C=O) groups is 3. The van der Waals surface area contributed by atoms with Crippen molar-refractivity contribution in [2.75, 3.05) is 18.5 Å². The van der Waals surface area contributed by atoms with Crippen molar-refractivity contribution in [2.24, 2.45) is 5.92 Å². The van der Waals surface area contributed by atoms with Gasteiger partial charge in [0.2, 0.25) is 5.91 Å². The SMILES string of the molecule is C[C@@H](c1ccccc1)N1C[C@H](C(=O)OCC(=O)Nc2ccc(Br)cc2)CC1=O. The number of hydrogen-bond donors (Lipinski definition) is 1. The van der Waals surface area contributed by atoms with Crippen molar-refractivity contribution in [2.45, 2.75) is 19.4 Å². The molecule has 2 amide bonds. The van der Waals surface area contributed by atoms with Crippen LogP contribution in [-0.4, -0.2) is 35.8 Å². The van der Waals surface area contributed by atoms with Gasteiger partial charge in [0.05, 0.1) is 12.0 Å². The van der Waals surface area contributed by atoms with Gasteiger partial charge in [0.15, 0.2) is 6.61 Å². The lowest BCUT2D eigenvalue weighted by Crippen LogP contribution is -2.30. The number of benzene rings is 2. The molecule has 0 aliphatic carbocycles. The molecule has 1 saturated heterocycles. The molecule has 1 heterocycles. The third kappa shape index (κ3) is 4.98. The second-order valence-corrected chi connectivity index (χ2v) is 7.61. The Morgan fingerprint density at radius 1 is 1.18 bits per heavy atom. The molecule has 6 nitrogen and oxygen atoms in total. The number of anilines is 1. The largest absolute Gasteiger partial charge is 0.455 e. The van der Waals surface area contributed by atoms with Crippen LogP contribution in [0.3, 0.4) is 0 Å². The van der Waals surface area contributed by atoms with Gasteiger partial charge in [0.1, 0.15) is 0 Å². The molecule has 1 aliphatic rings. The van der Waals surface area contributed by atoms with E-state index in [9.17, 15) is 14.4 Å². The third-order valence-corrected chi connectivity index (χ3v) is 5.24. The summed E-state index contributed by atoms with van der Waals surface area (Å²) < 4.78 is 6.03. The number of esters is 1. The molecular formula is C21H21BrN2O4. The topological polar surface area (TPSA) is 75.7 Å². The van der Waals surface area contributed by atoms with Crippen LogP contribution in [0.25, 0.3) is 0 Å². The van der Waals surface area contributed by atoms with Crippen LogP contribution in [0.4, 0.5) is 5.69 Å². The van der Waals surface area contributed by atoms with Crippen molar-refractivity contribution >= 4 is 39.4 Å². The lowest BCUT2D eigenvalue weighted by atomic mass is 10.1. The molecule has 7 heteroatoms. The fraction of sp³-hybridized carbons (Fsp3) is 0.286. The Labute approximate surface area is 172 Å². The number of amides is 2. The number of hydrogen-bond acceptors (Lipinski definition) is 4. The molecule has 2 aromatic rings. The molecule has 146 valence electrons.